The molecule has 0 aromatic carbocycles. The van der Waals surface area contributed by atoms with Crippen molar-refractivity contribution in [1.29, 1.82) is 0 Å². The van der Waals surface area contributed by atoms with Crippen LogP contribution in [-0.4, -0.2) is 31.8 Å². The zero-order valence-electron chi connectivity index (χ0n) is 12.0. The fourth-order valence-electron chi connectivity index (χ4n) is 1.92. The van der Waals surface area contributed by atoms with Crippen molar-refractivity contribution in [2.75, 3.05) is 37.1 Å². The maximum atomic E-state index is 11.5. The number of nitrogens with two attached hydrogens (primary N) is 1. The number of thioether (sulfide) groups is 1. The maximum absolute atomic E-state index is 11.5. The van der Waals surface area contributed by atoms with E-state index < -0.39 is 0 Å². The minimum atomic E-state index is 0.0311. The Morgan fingerprint density at radius 1 is 1.55 bits per heavy atom. The third-order valence-electron chi connectivity index (χ3n) is 3.22. The van der Waals surface area contributed by atoms with Crippen LogP contribution in [0.3, 0.4) is 0 Å². The predicted octanol–water partition coefficient (Wildman–Crippen LogP) is 3.48. The molecule has 6 heteroatoms. The Balaban J connectivity index is 1.78. The number of hydrogen-bond acceptors (Lipinski definition) is 6. The second-order valence-electron chi connectivity index (χ2n) is 5.06. The molecule has 0 unspecified atom stereocenters. The molecule has 0 spiro atoms. The molecule has 0 atom stereocenters. The van der Waals surface area contributed by atoms with Gasteiger partial charge in [-0.05, 0) is 31.4 Å². The molecular weight excluding hydrogens is 292 g/mol. The van der Waals surface area contributed by atoms with Gasteiger partial charge in [-0.25, -0.2) is 0 Å². The van der Waals surface area contributed by atoms with Crippen LogP contribution in [0, 0.1) is 5.92 Å². The highest BCUT2D eigenvalue weighted by Gasteiger charge is 2.21. The summed E-state index contributed by atoms with van der Waals surface area (Å²) in [6, 6.07) is 0. The van der Waals surface area contributed by atoms with Crippen molar-refractivity contribution in [2.45, 2.75) is 31.1 Å². The van der Waals surface area contributed by atoms with E-state index in [4.69, 9.17) is 10.5 Å². The number of rotatable bonds is 9. The van der Waals surface area contributed by atoms with E-state index in [2.05, 4.69) is 5.32 Å². The first-order chi connectivity index (χ1) is 9.63. The first-order valence-corrected chi connectivity index (χ1v) is 8.96. The third kappa shape index (κ3) is 4.14. The lowest BCUT2D eigenvalue weighted by atomic mass is 10.3. The topological polar surface area (TPSA) is 64.3 Å². The largest absolute Gasteiger partial charge is 0.396 e. The standard InChI is InChI=1S/C14H22N2O2S2/c1-9(17)12-11(15)13(19-2)14(20-12)16-6-3-7-18-8-10-4-5-10/h10,16H,3-8,15H2,1-2H3. The molecule has 20 heavy (non-hydrogen) atoms. The Morgan fingerprint density at radius 3 is 2.90 bits per heavy atom. The van der Waals surface area contributed by atoms with E-state index in [-0.39, 0.29) is 5.78 Å². The van der Waals surface area contributed by atoms with Gasteiger partial charge in [0, 0.05) is 26.7 Å². The number of ketones is 1. The van der Waals surface area contributed by atoms with Crippen LogP contribution in [0.15, 0.2) is 4.90 Å². The van der Waals surface area contributed by atoms with E-state index in [9.17, 15) is 4.79 Å². The Kier molecular flexibility index (Phi) is 5.74. The lowest BCUT2D eigenvalue weighted by Crippen LogP contribution is -2.06. The van der Waals surface area contributed by atoms with Crippen LogP contribution in [0.5, 0.6) is 0 Å². The molecule has 0 amide bonds. The molecule has 1 fully saturated rings. The zero-order valence-corrected chi connectivity index (χ0v) is 13.7. The molecule has 0 radical (unpaired) electrons. The minimum Gasteiger partial charge on any atom is -0.396 e. The summed E-state index contributed by atoms with van der Waals surface area (Å²) in [5, 5.41) is 4.37. The summed E-state index contributed by atoms with van der Waals surface area (Å²) in [4.78, 5) is 13.1. The van der Waals surface area contributed by atoms with E-state index in [0.29, 0.717) is 10.6 Å². The number of anilines is 2. The van der Waals surface area contributed by atoms with Gasteiger partial charge < -0.3 is 15.8 Å². The van der Waals surface area contributed by atoms with Crippen LogP contribution in [-0.2, 0) is 4.74 Å². The Labute approximate surface area is 128 Å². The number of Topliss-reactive ketones (excluding diaryl/α,β-unsaturated/α-hetero) is 1. The third-order valence-corrected chi connectivity index (χ3v) is 5.45. The van der Waals surface area contributed by atoms with Gasteiger partial charge in [-0.2, -0.15) is 0 Å². The quantitative estimate of drug-likeness (QED) is 0.415. The molecule has 1 saturated carbocycles. The number of nitrogens with one attached hydrogen (secondary N) is 1. The SMILES string of the molecule is CSc1c(NCCCOCC2CC2)sc(C(C)=O)c1N. The molecule has 0 aliphatic heterocycles. The van der Waals surface area contributed by atoms with Crippen molar-refractivity contribution in [3.8, 4) is 0 Å². The maximum Gasteiger partial charge on any atom is 0.171 e. The van der Waals surface area contributed by atoms with E-state index in [1.807, 2.05) is 6.26 Å². The highest BCUT2D eigenvalue weighted by molar-refractivity contribution is 7.99. The second kappa shape index (κ2) is 7.33. The zero-order chi connectivity index (χ0) is 14.5. The average Bonchev–Trinajstić information content (AvgIpc) is 3.17. The first kappa shape index (κ1) is 15.7. The lowest BCUT2D eigenvalue weighted by Gasteiger charge is -2.06. The van der Waals surface area contributed by atoms with Gasteiger partial charge in [-0.1, -0.05) is 0 Å². The average molecular weight is 314 g/mol. The molecule has 1 aliphatic rings. The van der Waals surface area contributed by atoms with Crippen molar-refractivity contribution in [2.24, 2.45) is 5.92 Å². The van der Waals surface area contributed by atoms with Crippen LogP contribution in [0.2, 0.25) is 0 Å². The first-order valence-electron chi connectivity index (χ1n) is 6.92. The van der Waals surface area contributed by atoms with Crippen molar-refractivity contribution in [1.82, 2.24) is 0 Å². The van der Waals surface area contributed by atoms with Gasteiger partial charge in [-0.15, -0.1) is 23.1 Å². The minimum absolute atomic E-state index is 0.0311. The summed E-state index contributed by atoms with van der Waals surface area (Å²) in [6.07, 6.45) is 5.61. The predicted molar refractivity (Wildman–Crippen MR) is 87.2 cm³/mol. The number of carbonyl (C=O) groups excluding carboxylic acids is 1. The highest BCUT2D eigenvalue weighted by atomic mass is 32.2. The van der Waals surface area contributed by atoms with Gasteiger partial charge >= 0.3 is 0 Å². The van der Waals surface area contributed by atoms with Gasteiger partial charge in [-0.3, -0.25) is 4.79 Å². The number of ether oxygens (including phenoxy) is 1. The normalized spacial score (nSPS) is 14.5. The van der Waals surface area contributed by atoms with Gasteiger partial charge in [0.2, 0.25) is 0 Å². The number of hydrogen-bond donors (Lipinski definition) is 2. The monoisotopic (exact) mass is 314 g/mol. The van der Waals surface area contributed by atoms with E-state index >= 15 is 0 Å². The van der Waals surface area contributed by atoms with Gasteiger partial charge in [0.1, 0.15) is 5.00 Å². The Morgan fingerprint density at radius 2 is 2.30 bits per heavy atom. The van der Waals surface area contributed by atoms with Crippen molar-refractivity contribution < 1.29 is 9.53 Å². The smallest absolute Gasteiger partial charge is 0.171 e. The summed E-state index contributed by atoms with van der Waals surface area (Å²) in [7, 11) is 0. The van der Waals surface area contributed by atoms with Crippen LogP contribution < -0.4 is 11.1 Å². The van der Waals surface area contributed by atoms with Gasteiger partial charge in [0.05, 0.1) is 15.5 Å². The molecule has 1 aliphatic carbocycles. The summed E-state index contributed by atoms with van der Waals surface area (Å²) in [5.41, 5.74) is 6.63. The summed E-state index contributed by atoms with van der Waals surface area (Å²) in [5.74, 6) is 0.852. The molecule has 3 N–H and O–H groups in total. The summed E-state index contributed by atoms with van der Waals surface area (Å²) in [6.45, 7) is 4.10. The van der Waals surface area contributed by atoms with Crippen LogP contribution in [0.1, 0.15) is 35.9 Å². The number of thiophene rings is 1. The van der Waals surface area contributed by atoms with Gasteiger partial charge in [0.25, 0.3) is 0 Å². The molecule has 0 bridgehead atoms. The Hall–Kier alpha value is -0.720. The molecule has 0 saturated heterocycles. The van der Waals surface area contributed by atoms with Crippen LogP contribution in [0.4, 0.5) is 10.7 Å². The van der Waals surface area contributed by atoms with Crippen LogP contribution in [0.25, 0.3) is 0 Å². The van der Waals surface area contributed by atoms with Gasteiger partial charge in [0.15, 0.2) is 5.78 Å². The molecule has 112 valence electrons. The number of nitrogen functional groups attached to an aromatic ring is 1. The molecular formula is C14H22N2O2S2. The van der Waals surface area contributed by atoms with Crippen LogP contribution >= 0.6 is 23.1 Å². The van der Waals surface area contributed by atoms with E-state index in [1.165, 1.54) is 24.2 Å². The summed E-state index contributed by atoms with van der Waals surface area (Å²) < 4.78 is 5.60. The second-order valence-corrected chi connectivity index (χ2v) is 6.90. The molecule has 2 rings (SSSR count). The van der Waals surface area contributed by atoms with E-state index in [0.717, 1.165) is 42.0 Å². The van der Waals surface area contributed by atoms with Crippen molar-refractivity contribution >= 4 is 39.6 Å². The fourth-order valence-corrected chi connectivity index (χ4v) is 3.88. The fraction of sp³-hybridized carbons (Fsp3) is 0.643. The highest BCUT2D eigenvalue weighted by Crippen LogP contribution is 2.41. The molecule has 1 aromatic rings. The van der Waals surface area contributed by atoms with Crippen molar-refractivity contribution in [3.63, 3.8) is 0 Å². The summed E-state index contributed by atoms with van der Waals surface area (Å²) >= 11 is 3.03. The van der Waals surface area contributed by atoms with E-state index in [1.54, 1.807) is 18.7 Å². The van der Waals surface area contributed by atoms with Crippen molar-refractivity contribution in [3.05, 3.63) is 4.88 Å². The molecule has 1 aromatic heterocycles. The lowest BCUT2D eigenvalue weighted by molar-refractivity contribution is 0.102. The molecule has 1 heterocycles. The molecule has 4 nitrogen and oxygen atoms in total. The Bertz CT molecular complexity index is 470. The number of carbonyl (C=O) groups is 1.